The highest BCUT2D eigenvalue weighted by molar-refractivity contribution is 6.66. The van der Waals surface area contributed by atoms with Gasteiger partial charge in [-0.2, -0.15) is 0 Å². The topological polar surface area (TPSA) is 107 Å². The Labute approximate surface area is 177 Å². The zero-order chi connectivity index (χ0) is 22.3. The van der Waals surface area contributed by atoms with Gasteiger partial charge in [-0.3, -0.25) is 24.3 Å². The predicted octanol–water partition coefficient (Wildman–Crippen LogP) is -5.95. The predicted molar refractivity (Wildman–Crippen MR) is 117 cm³/mol. The highest BCUT2D eigenvalue weighted by atomic mass is 16.2. The van der Waals surface area contributed by atoms with Crippen molar-refractivity contribution in [3.8, 4) is 0 Å². The maximum atomic E-state index is 13.4. The molecule has 124 valence electrons. The van der Waals surface area contributed by atoms with E-state index in [0.29, 0.717) is 4.57 Å². The van der Waals surface area contributed by atoms with E-state index in [1.54, 1.807) is 0 Å². The number of fused-ring (bicyclic) bond motifs is 1. The SMILES string of the molecule is [B]c1c([B])c(N)c2c(=O)n(C3([B])C(=O)NC(=O)C([B])([B])C3([B])[B])c(C)nc2c1[B]. The molecule has 16 radical (unpaired) electrons. The second-order valence-corrected chi connectivity index (χ2v) is 6.97. The van der Waals surface area contributed by atoms with E-state index < -0.39 is 33.2 Å². The fourth-order valence-corrected chi connectivity index (χ4v) is 3.31. The summed E-state index contributed by atoms with van der Waals surface area (Å²) >= 11 is 0. The Morgan fingerprint density at radius 3 is 2.03 bits per heavy atom. The zero-order valence-corrected chi connectivity index (χ0v) is 15.3. The first-order chi connectivity index (χ1) is 13.1. The van der Waals surface area contributed by atoms with E-state index in [0.717, 1.165) is 0 Å². The number of hydrogen-bond acceptors (Lipinski definition) is 5. The summed E-state index contributed by atoms with van der Waals surface area (Å²) in [7, 11) is 47.2. The van der Waals surface area contributed by atoms with Gasteiger partial charge in [0, 0.05) is 5.69 Å². The lowest BCUT2D eigenvalue weighted by Gasteiger charge is -2.58. The van der Waals surface area contributed by atoms with Gasteiger partial charge in [-0.05, 0) is 12.1 Å². The van der Waals surface area contributed by atoms with Crippen LogP contribution in [0.4, 0.5) is 5.69 Å². The minimum atomic E-state index is -2.65. The number of carbonyl (C=O) groups is 2. The van der Waals surface area contributed by atoms with Crippen LogP contribution in [0.1, 0.15) is 5.82 Å². The van der Waals surface area contributed by atoms with Gasteiger partial charge in [0.1, 0.15) is 37.2 Å². The third-order valence-corrected chi connectivity index (χ3v) is 5.26. The van der Waals surface area contributed by atoms with Crippen LogP contribution < -0.4 is 33.0 Å². The summed E-state index contributed by atoms with van der Waals surface area (Å²) in [6.07, 6.45) is 0. The lowest BCUT2D eigenvalue weighted by Crippen LogP contribution is -2.71. The summed E-state index contributed by atoms with van der Waals surface area (Å²) in [6, 6.07) is 0. The Balaban J connectivity index is 2.52. The molecule has 1 aliphatic rings. The van der Waals surface area contributed by atoms with Crippen LogP contribution in [0, 0.1) is 6.92 Å². The van der Waals surface area contributed by atoms with Crippen LogP contribution in [0.15, 0.2) is 4.79 Å². The number of amides is 2. The molecule has 3 N–H and O–H groups in total. The number of aromatic nitrogens is 2. The molecule has 0 aliphatic carbocycles. The van der Waals surface area contributed by atoms with Crippen LogP contribution >= 0.6 is 0 Å². The fraction of sp³-hybridized carbons (Fsp3) is 0.286. The number of rotatable bonds is 1. The molecule has 0 saturated carbocycles. The average molecular weight is 365 g/mol. The molecule has 7 nitrogen and oxygen atoms in total. The van der Waals surface area contributed by atoms with Crippen LogP contribution in [0.5, 0.6) is 0 Å². The minimum absolute atomic E-state index is 0.0718. The second-order valence-electron chi connectivity index (χ2n) is 6.97. The first-order valence-electron chi connectivity index (χ1n) is 8.08. The summed E-state index contributed by atoms with van der Waals surface area (Å²) in [5.41, 5.74) is 1.64. The summed E-state index contributed by atoms with van der Waals surface area (Å²) in [5.74, 6) is -2.59. The van der Waals surface area contributed by atoms with Gasteiger partial charge in [0.05, 0.1) is 47.7 Å². The Kier molecular flexibility index (Phi) is 4.57. The molecule has 1 saturated heterocycles. The molecule has 1 aromatic heterocycles. The van der Waals surface area contributed by atoms with Crippen molar-refractivity contribution in [3.63, 3.8) is 0 Å². The summed E-state index contributed by atoms with van der Waals surface area (Å²) < 4.78 is 0.636. The molecule has 1 atom stereocenters. The van der Waals surface area contributed by atoms with Crippen molar-refractivity contribution in [2.45, 2.75) is 22.8 Å². The van der Waals surface area contributed by atoms with Crippen molar-refractivity contribution >= 4 is 108 Å². The Morgan fingerprint density at radius 1 is 0.931 bits per heavy atom. The third kappa shape index (κ3) is 2.42. The first-order valence-corrected chi connectivity index (χ1v) is 8.08. The molecule has 3 rings (SSSR count). The van der Waals surface area contributed by atoms with Crippen molar-refractivity contribution in [3.05, 3.63) is 16.2 Å². The molecule has 15 heteroatoms. The molecule has 1 unspecified atom stereocenters. The van der Waals surface area contributed by atoms with Gasteiger partial charge in [-0.1, -0.05) is 16.1 Å². The normalized spacial score (nSPS) is 23.1. The Morgan fingerprint density at radius 2 is 1.48 bits per heavy atom. The first kappa shape index (κ1) is 21.5. The minimum Gasteiger partial charge on any atom is -0.399 e. The van der Waals surface area contributed by atoms with E-state index in [-0.39, 0.29) is 38.8 Å². The maximum Gasteiger partial charge on any atom is 0.263 e. The summed E-state index contributed by atoms with van der Waals surface area (Å²) in [5, 5.41) is -3.60. The van der Waals surface area contributed by atoms with Crippen LogP contribution in [0.2, 0.25) is 10.4 Å². The van der Waals surface area contributed by atoms with Crippen LogP contribution in [0.3, 0.4) is 0 Å². The number of nitrogen functional groups attached to an aromatic ring is 1. The number of hydrogen-bond donors (Lipinski definition) is 2. The number of imide groups is 1. The van der Waals surface area contributed by atoms with Crippen molar-refractivity contribution in [1.82, 2.24) is 14.9 Å². The van der Waals surface area contributed by atoms with Crippen LogP contribution in [0.25, 0.3) is 10.9 Å². The number of anilines is 1. The van der Waals surface area contributed by atoms with Crippen molar-refractivity contribution in [1.29, 1.82) is 0 Å². The van der Waals surface area contributed by atoms with Crippen molar-refractivity contribution in [2.24, 2.45) is 0 Å². The molecular formula is C14H6B8N4O3. The standard InChI is InChI=1S/C14H6B8N4O3/c1-2-24-8-3(7(23)5(16)4(15)6(8)17)9(27)26(2)13(20)11(29)25-10(28)12(18,19)14(13,21)22/h23H2,1H3,(H,25,28,29). The van der Waals surface area contributed by atoms with Crippen molar-refractivity contribution < 1.29 is 9.59 Å². The van der Waals surface area contributed by atoms with Gasteiger partial charge in [0.15, 0.2) is 0 Å². The van der Waals surface area contributed by atoms with Gasteiger partial charge in [-0.25, -0.2) is 4.98 Å². The van der Waals surface area contributed by atoms with E-state index in [1.165, 1.54) is 6.92 Å². The van der Waals surface area contributed by atoms with Gasteiger partial charge in [-0.15, -0.1) is 5.46 Å². The highest BCUT2D eigenvalue weighted by Gasteiger charge is 2.60. The number of nitrogens with zero attached hydrogens (tertiary/aromatic N) is 2. The smallest absolute Gasteiger partial charge is 0.263 e. The van der Waals surface area contributed by atoms with E-state index in [1.807, 2.05) is 5.32 Å². The average Bonchev–Trinajstić information content (AvgIpc) is 2.62. The molecule has 2 heterocycles. The number of nitrogens with one attached hydrogen (secondary N) is 1. The molecule has 0 spiro atoms. The second kappa shape index (κ2) is 6.16. The van der Waals surface area contributed by atoms with Gasteiger partial charge < -0.3 is 5.73 Å². The number of piperidine rings is 1. The number of benzene rings is 1. The Bertz CT molecular complexity index is 1180. The highest BCUT2D eigenvalue weighted by Crippen LogP contribution is 2.54. The van der Waals surface area contributed by atoms with E-state index in [4.69, 9.17) is 68.5 Å². The lowest BCUT2D eigenvalue weighted by molar-refractivity contribution is -0.139. The fourth-order valence-electron chi connectivity index (χ4n) is 3.31. The molecule has 2 amide bonds. The number of aryl methyl sites for hydroxylation is 1. The number of carbonyl (C=O) groups excluding carboxylic acids is 2. The Hall–Kier alpha value is -2.18. The molecule has 29 heavy (non-hydrogen) atoms. The molecule has 1 aliphatic heterocycles. The molecular weight excluding hydrogens is 359 g/mol. The van der Waals surface area contributed by atoms with Gasteiger partial charge in [0.25, 0.3) is 5.56 Å². The number of nitrogens with two attached hydrogens (primary N) is 1. The third-order valence-electron chi connectivity index (χ3n) is 5.26. The van der Waals surface area contributed by atoms with Crippen LogP contribution in [-0.2, 0) is 15.0 Å². The molecule has 1 aromatic carbocycles. The van der Waals surface area contributed by atoms with Crippen molar-refractivity contribution in [2.75, 3.05) is 5.73 Å². The van der Waals surface area contributed by atoms with Gasteiger partial charge in [0.2, 0.25) is 11.8 Å². The quantitative estimate of drug-likeness (QED) is 0.298. The maximum absolute atomic E-state index is 13.4. The summed E-state index contributed by atoms with van der Waals surface area (Å²) in [4.78, 5) is 42.3. The van der Waals surface area contributed by atoms with E-state index in [2.05, 4.69) is 4.98 Å². The van der Waals surface area contributed by atoms with E-state index in [9.17, 15) is 14.4 Å². The van der Waals surface area contributed by atoms with Crippen LogP contribution in [-0.4, -0.2) is 84.1 Å². The summed E-state index contributed by atoms with van der Waals surface area (Å²) in [6.45, 7) is 1.31. The zero-order valence-electron chi connectivity index (χ0n) is 15.3. The molecule has 0 bridgehead atoms. The monoisotopic (exact) mass is 366 g/mol. The molecule has 1 fully saturated rings. The van der Waals surface area contributed by atoms with E-state index >= 15 is 0 Å². The lowest BCUT2D eigenvalue weighted by atomic mass is 9.21. The van der Waals surface area contributed by atoms with Gasteiger partial charge >= 0.3 is 0 Å². The largest absolute Gasteiger partial charge is 0.399 e. The molecule has 2 aromatic rings.